The molecule has 2 heteroatoms. The van der Waals surface area contributed by atoms with Crippen LogP contribution in [0.3, 0.4) is 0 Å². The van der Waals surface area contributed by atoms with E-state index in [1.54, 1.807) is 0 Å². The first-order chi connectivity index (χ1) is 9.58. The minimum Gasteiger partial charge on any atom is -0.310 e. The summed E-state index contributed by atoms with van der Waals surface area (Å²) in [6, 6.07) is 9.48. The van der Waals surface area contributed by atoms with Gasteiger partial charge in [0.1, 0.15) is 0 Å². The van der Waals surface area contributed by atoms with Crippen molar-refractivity contribution in [1.29, 1.82) is 0 Å². The van der Waals surface area contributed by atoms with Gasteiger partial charge in [-0.1, -0.05) is 52.0 Å². The largest absolute Gasteiger partial charge is 0.310 e. The molecule has 2 nitrogen and oxygen atoms in total. The maximum Gasteiger partial charge on any atom is 0.0291 e. The smallest absolute Gasteiger partial charge is 0.0291 e. The van der Waals surface area contributed by atoms with Crippen molar-refractivity contribution >= 4 is 0 Å². The van der Waals surface area contributed by atoms with Gasteiger partial charge in [0.25, 0.3) is 0 Å². The fourth-order valence-corrected chi connectivity index (χ4v) is 2.45. The highest BCUT2D eigenvalue weighted by molar-refractivity contribution is 5.26. The van der Waals surface area contributed by atoms with E-state index >= 15 is 0 Å². The van der Waals surface area contributed by atoms with Crippen molar-refractivity contribution in [3.05, 3.63) is 35.4 Å². The van der Waals surface area contributed by atoms with E-state index in [9.17, 15) is 0 Å². The Bertz CT molecular complexity index is 352. The zero-order valence-electron chi connectivity index (χ0n) is 13.9. The van der Waals surface area contributed by atoms with Crippen LogP contribution in [0.2, 0.25) is 0 Å². The quantitative estimate of drug-likeness (QED) is 0.680. The number of nitrogens with one attached hydrogen (secondary N) is 1. The number of hydrogen-bond acceptors (Lipinski definition) is 2. The van der Waals surface area contributed by atoms with Crippen LogP contribution >= 0.6 is 0 Å². The van der Waals surface area contributed by atoms with Gasteiger partial charge in [-0.3, -0.25) is 0 Å². The van der Waals surface area contributed by atoms with Gasteiger partial charge in [0, 0.05) is 6.04 Å². The van der Waals surface area contributed by atoms with E-state index < -0.39 is 0 Å². The summed E-state index contributed by atoms with van der Waals surface area (Å²) < 4.78 is 0. The second-order valence-electron chi connectivity index (χ2n) is 5.88. The third-order valence-electron chi connectivity index (χ3n) is 4.10. The van der Waals surface area contributed by atoms with E-state index in [-0.39, 0.29) is 0 Å². The van der Waals surface area contributed by atoms with Crippen LogP contribution in [0.15, 0.2) is 24.3 Å². The SMILES string of the molecule is CCN(CC)CCCNC(C)c1ccc(C(C)C)cc1. The standard InChI is InChI=1S/C18H32N2/c1-6-20(7-2)14-8-13-19-16(5)18-11-9-17(10-12-18)15(3)4/h9-12,15-16,19H,6-8,13-14H2,1-5H3. The van der Waals surface area contributed by atoms with E-state index in [0.717, 1.165) is 19.6 Å². The molecule has 0 saturated heterocycles. The van der Waals surface area contributed by atoms with Crippen molar-refractivity contribution in [2.45, 2.75) is 53.0 Å². The van der Waals surface area contributed by atoms with Gasteiger partial charge >= 0.3 is 0 Å². The number of rotatable bonds is 9. The summed E-state index contributed by atoms with van der Waals surface area (Å²) in [5.41, 5.74) is 2.81. The van der Waals surface area contributed by atoms with Crippen LogP contribution in [0.25, 0.3) is 0 Å². The van der Waals surface area contributed by atoms with E-state index in [4.69, 9.17) is 0 Å². The molecule has 0 fully saturated rings. The Labute approximate surface area is 125 Å². The molecular formula is C18H32N2. The summed E-state index contributed by atoms with van der Waals surface area (Å²) in [6.45, 7) is 15.8. The summed E-state index contributed by atoms with van der Waals surface area (Å²) in [4.78, 5) is 2.48. The molecular weight excluding hydrogens is 244 g/mol. The molecule has 0 saturated carbocycles. The molecule has 1 atom stereocenters. The van der Waals surface area contributed by atoms with Crippen LogP contribution in [0.4, 0.5) is 0 Å². The van der Waals surface area contributed by atoms with Gasteiger partial charge in [-0.2, -0.15) is 0 Å². The summed E-state index contributed by atoms with van der Waals surface area (Å²) in [6.07, 6.45) is 1.22. The highest BCUT2D eigenvalue weighted by atomic mass is 15.1. The average molecular weight is 276 g/mol. The van der Waals surface area contributed by atoms with E-state index in [1.165, 1.54) is 24.1 Å². The second-order valence-corrected chi connectivity index (χ2v) is 5.88. The van der Waals surface area contributed by atoms with Crippen molar-refractivity contribution in [3.63, 3.8) is 0 Å². The molecule has 0 spiro atoms. The maximum absolute atomic E-state index is 3.62. The third kappa shape index (κ3) is 5.64. The molecule has 0 amide bonds. The Morgan fingerprint density at radius 1 is 0.950 bits per heavy atom. The lowest BCUT2D eigenvalue weighted by Gasteiger charge is -2.19. The monoisotopic (exact) mass is 276 g/mol. The fourth-order valence-electron chi connectivity index (χ4n) is 2.45. The van der Waals surface area contributed by atoms with Crippen molar-refractivity contribution < 1.29 is 0 Å². The van der Waals surface area contributed by atoms with Crippen molar-refractivity contribution in [2.75, 3.05) is 26.2 Å². The minimum absolute atomic E-state index is 0.438. The van der Waals surface area contributed by atoms with Gasteiger partial charge in [0.2, 0.25) is 0 Å². The Morgan fingerprint density at radius 3 is 2.00 bits per heavy atom. The summed E-state index contributed by atoms with van der Waals surface area (Å²) in [5.74, 6) is 0.612. The van der Waals surface area contributed by atoms with Gasteiger partial charge in [0.05, 0.1) is 0 Å². The van der Waals surface area contributed by atoms with Crippen LogP contribution in [0, 0.1) is 0 Å². The summed E-state index contributed by atoms with van der Waals surface area (Å²) in [7, 11) is 0. The average Bonchev–Trinajstić information content (AvgIpc) is 2.47. The topological polar surface area (TPSA) is 15.3 Å². The molecule has 114 valence electrons. The number of benzene rings is 1. The maximum atomic E-state index is 3.62. The molecule has 0 aliphatic carbocycles. The minimum atomic E-state index is 0.438. The normalized spacial score (nSPS) is 13.2. The van der Waals surface area contributed by atoms with Crippen molar-refractivity contribution in [3.8, 4) is 0 Å². The van der Waals surface area contributed by atoms with Gasteiger partial charge in [0.15, 0.2) is 0 Å². The molecule has 1 unspecified atom stereocenters. The van der Waals surface area contributed by atoms with Crippen LogP contribution in [0.1, 0.15) is 64.1 Å². The molecule has 0 aliphatic heterocycles. The Hall–Kier alpha value is -0.860. The summed E-state index contributed by atoms with van der Waals surface area (Å²) in [5, 5.41) is 3.62. The highest BCUT2D eigenvalue weighted by Gasteiger charge is 2.06. The molecule has 1 aromatic carbocycles. The van der Waals surface area contributed by atoms with Crippen molar-refractivity contribution in [2.24, 2.45) is 0 Å². The Morgan fingerprint density at radius 2 is 1.50 bits per heavy atom. The molecule has 1 rings (SSSR count). The zero-order chi connectivity index (χ0) is 15.0. The lowest BCUT2D eigenvalue weighted by atomic mass is 9.99. The van der Waals surface area contributed by atoms with Crippen LogP contribution < -0.4 is 5.32 Å². The third-order valence-corrected chi connectivity index (χ3v) is 4.10. The molecule has 0 aliphatic rings. The van der Waals surface area contributed by atoms with Gasteiger partial charge in [-0.25, -0.2) is 0 Å². The Balaban J connectivity index is 2.33. The molecule has 1 aromatic rings. The molecule has 0 bridgehead atoms. The lowest BCUT2D eigenvalue weighted by Crippen LogP contribution is -2.28. The first-order valence-electron chi connectivity index (χ1n) is 8.14. The lowest BCUT2D eigenvalue weighted by molar-refractivity contribution is 0.296. The molecule has 0 radical (unpaired) electrons. The molecule has 1 N–H and O–H groups in total. The van der Waals surface area contributed by atoms with Gasteiger partial charge in [-0.05, 0) is 56.6 Å². The first kappa shape index (κ1) is 17.2. The number of nitrogens with zero attached hydrogens (tertiary/aromatic N) is 1. The first-order valence-corrected chi connectivity index (χ1v) is 8.14. The highest BCUT2D eigenvalue weighted by Crippen LogP contribution is 2.18. The van der Waals surface area contributed by atoms with E-state index in [0.29, 0.717) is 12.0 Å². The van der Waals surface area contributed by atoms with Crippen molar-refractivity contribution in [1.82, 2.24) is 10.2 Å². The van der Waals surface area contributed by atoms with Gasteiger partial charge in [-0.15, -0.1) is 0 Å². The molecule has 20 heavy (non-hydrogen) atoms. The Kier molecular flexibility index (Phi) is 7.86. The number of hydrogen-bond donors (Lipinski definition) is 1. The predicted octanol–water partition coefficient (Wildman–Crippen LogP) is 4.19. The second kappa shape index (κ2) is 9.15. The van der Waals surface area contributed by atoms with E-state index in [1.807, 2.05) is 0 Å². The van der Waals surface area contributed by atoms with Crippen LogP contribution in [0.5, 0.6) is 0 Å². The van der Waals surface area contributed by atoms with E-state index in [2.05, 4.69) is 69.1 Å². The van der Waals surface area contributed by atoms with Gasteiger partial charge < -0.3 is 10.2 Å². The van der Waals surface area contributed by atoms with Crippen LogP contribution in [-0.2, 0) is 0 Å². The zero-order valence-corrected chi connectivity index (χ0v) is 13.9. The molecule has 0 aromatic heterocycles. The summed E-state index contributed by atoms with van der Waals surface area (Å²) >= 11 is 0. The van der Waals surface area contributed by atoms with Crippen LogP contribution in [-0.4, -0.2) is 31.1 Å². The fraction of sp³-hybridized carbons (Fsp3) is 0.667. The predicted molar refractivity (Wildman–Crippen MR) is 89.4 cm³/mol. The molecule has 0 heterocycles.